The van der Waals surface area contributed by atoms with Gasteiger partial charge in [-0.3, -0.25) is 0 Å². The number of amides is 1. The molecular weight excluding hydrogens is 392 g/mol. The molecule has 1 aromatic rings. The highest BCUT2D eigenvalue weighted by Crippen LogP contribution is 2.18. The Kier molecular flexibility index (Phi) is 11.8. The molecule has 2 saturated carbocycles. The molecule has 0 spiro atoms. The number of benzene rings is 1. The third kappa shape index (κ3) is 10.5. The highest BCUT2D eigenvalue weighted by Gasteiger charge is 2.22. The van der Waals surface area contributed by atoms with Crippen molar-refractivity contribution in [3.63, 3.8) is 0 Å². The van der Waals surface area contributed by atoms with Crippen molar-refractivity contribution >= 4 is 12.1 Å². The normalized spacial score (nSPS) is 18.2. The van der Waals surface area contributed by atoms with E-state index in [4.69, 9.17) is 0 Å². The summed E-state index contributed by atoms with van der Waals surface area (Å²) in [5.41, 5.74) is 0.788. The molecule has 172 valence electrons. The van der Waals surface area contributed by atoms with E-state index < -0.39 is 18.1 Å². The van der Waals surface area contributed by atoms with Crippen LogP contribution in [0, 0.1) is 0 Å². The zero-order chi connectivity index (χ0) is 22.3. The Labute approximate surface area is 186 Å². The third-order valence-electron chi connectivity index (χ3n) is 6.04. The Morgan fingerprint density at radius 1 is 1.03 bits per heavy atom. The van der Waals surface area contributed by atoms with Crippen LogP contribution in [0.25, 0.3) is 0 Å². The lowest BCUT2D eigenvalue weighted by Crippen LogP contribution is -2.95. The molecule has 2 fully saturated rings. The van der Waals surface area contributed by atoms with E-state index in [1.54, 1.807) is 24.3 Å². The van der Waals surface area contributed by atoms with E-state index in [9.17, 15) is 14.7 Å². The van der Waals surface area contributed by atoms with Gasteiger partial charge in [0.2, 0.25) is 0 Å². The largest absolute Gasteiger partial charge is 0.548 e. The minimum Gasteiger partial charge on any atom is -0.548 e. The lowest BCUT2D eigenvalue weighted by Gasteiger charge is -2.27. The van der Waals surface area contributed by atoms with Crippen LogP contribution in [0.5, 0.6) is 0 Å². The average molecular weight is 431 g/mol. The van der Waals surface area contributed by atoms with Gasteiger partial charge in [0, 0.05) is 0 Å². The smallest absolute Gasteiger partial charge is 0.407 e. The van der Waals surface area contributed by atoms with Crippen molar-refractivity contribution in [2.24, 2.45) is 0 Å². The number of rotatable bonds is 8. The fourth-order valence-corrected chi connectivity index (χ4v) is 4.40. The van der Waals surface area contributed by atoms with Gasteiger partial charge in [-0.2, -0.15) is 0 Å². The Bertz CT molecular complexity index is 637. The van der Waals surface area contributed by atoms with E-state index in [0.717, 1.165) is 17.6 Å². The molecule has 0 aromatic heterocycles. The number of nitrogens with two attached hydrogens (primary N) is 1. The summed E-state index contributed by atoms with van der Waals surface area (Å²) in [4.78, 5) is 22.1. The quantitative estimate of drug-likeness (QED) is 0.620. The summed E-state index contributed by atoms with van der Waals surface area (Å²) in [6.45, 7) is 3.41. The summed E-state index contributed by atoms with van der Waals surface area (Å²) in [5.74, 6) is -1.35. The second-order valence-corrected chi connectivity index (χ2v) is 8.58. The summed E-state index contributed by atoms with van der Waals surface area (Å²) < 4.78 is 4.65. The van der Waals surface area contributed by atoms with Crippen molar-refractivity contribution < 1.29 is 24.7 Å². The van der Waals surface area contributed by atoms with Crippen LogP contribution in [0.1, 0.15) is 69.8 Å². The Balaban J connectivity index is 0.000000231. The molecule has 0 aliphatic heterocycles. The van der Waals surface area contributed by atoms with E-state index in [0.29, 0.717) is 0 Å². The maximum atomic E-state index is 11.2. The maximum Gasteiger partial charge on any atom is 0.407 e. The topological polar surface area (TPSA) is 95.1 Å². The molecule has 0 saturated heterocycles. The molecule has 1 atom stereocenters. The Morgan fingerprint density at radius 3 is 2.06 bits per heavy atom. The second kappa shape index (κ2) is 14.6. The van der Waals surface area contributed by atoms with Gasteiger partial charge in [0.15, 0.2) is 0 Å². The summed E-state index contributed by atoms with van der Waals surface area (Å²) in [7, 11) is 0. The zero-order valence-electron chi connectivity index (χ0n) is 18.6. The number of hydrogen-bond acceptors (Lipinski definition) is 4. The van der Waals surface area contributed by atoms with Gasteiger partial charge in [0.25, 0.3) is 0 Å². The maximum absolute atomic E-state index is 11.2. The van der Waals surface area contributed by atoms with Gasteiger partial charge in [-0.1, -0.05) is 55.8 Å². The second-order valence-electron chi connectivity index (χ2n) is 8.58. The van der Waals surface area contributed by atoms with Crippen molar-refractivity contribution in [1.29, 1.82) is 0 Å². The molecule has 2 aliphatic rings. The molecular formula is C25H38N2O4. The van der Waals surface area contributed by atoms with E-state index in [2.05, 4.69) is 21.9 Å². The van der Waals surface area contributed by atoms with E-state index >= 15 is 0 Å². The van der Waals surface area contributed by atoms with Crippen LogP contribution < -0.4 is 15.7 Å². The highest BCUT2D eigenvalue weighted by molar-refractivity contribution is 5.78. The van der Waals surface area contributed by atoms with Crippen molar-refractivity contribution in [2.75, 3.05) is 6.61 Å². The van der Waals surface area contributed by atoms with Crippen molar-refractivity contribution in [2.45, 2.75) is 88.8 Å². The molecule has 2 aliphatic carbocycles. The van der Waals surface area contributed by atoms with Gasteiger partial charge in [-0.15, -0.1) is 0 Å². The van der Waals surface area contributed by atoms with Crippen LogP contribution in [0.4, 0.5) is 4.79 Å². The standard InChI is InChI=1S/C13H15NO4.C12H23N/c1-2-8-18-13(17)14-11(12(15)16)9-10-6-4-3-5-7-10;1-3-7-11(8-4-1)13-12-9-5-2-6-10-12/h2-7,11H,1,8-9H2,(H,14,17)(H,15,16);11-13H,1-10H2. The number of alkyl carbamates (subject to hydrolysis) is 1. The van der Waals surface area contributed by atoms with E-state index in [-0.39, 0.29) is 13.0 Å². The van der Waals surface area contributed by atoms with Crippen LogP contribution in [-0.2, 0) is 16.0 Å². The van der Waals surface area contributed by atoms with E-state index in [1.807, 2.05) is 6.07 Å². The Morgan fingerprint density at radius 2 is 1.58 bits per heavy atom. The first kappa shape index (κ1) is 24.9. The summed E-state index contributed by atoms with van der Waals surface area (Å²) in [5, 5.41) is 15.9. The third-order valence-corrected chi connectivity index (χ3v) is 6.04. The minimum atomic E-state index is -1.35. The van der Waals surface area contributed by atoms with Gasteiger partial charge in [0.05, 0.1) is 24.1 Å². The molecule has 3 N–H and O–H groups in total. The molecule has 6 heteroatoms. The monoisotopic (exact) mass is 430 g/mol. The summed E-state index contributed by atoms with van der Waals surface area (Å²) in [6.07, 6.45) is 15.7. The van der Waals surface area contributed by atoms with Gasteiger partial charge < -0.3 is 25.3 Å². The van der Waals surface area contributed by atoms with Crippen LogP contribution in [-0.4, -0.2) is 36.8 Å². The molecule has 1 amide bonds. The Hall–Kier alpha value is -2.34. The fourth-order valence-electron chi connectivity index (χ4n) is 4.40. The van der Waals surface area contributed by atoms with Crippen molar-refractivity contribution in [1.82, 2.24) is 5.32 Å². The number of carbonyl (C=O) groups is 2. The number of hydrogen-bond donors (Lipinski definition) is 2. The minimum absolute atomic E-state index is 0.0247. The van der Waals surface area contributed by atoms with Gasteiger partial charge >= 0.3 is 6.09 Å². The molecule has 31 heavy (non-hydrogen) atoms. The van der Waals surface area contributed by atoms with Crippen molar-refractivity contribution in [3.8, 4) is 0 Å². The first-order chi connectivity index (χ1) is 15.1. The number of carbonyl (C=O) groups excluding carboxylic acids is 2. The molecule has 3 rings (SSSR count). The summed E-state index contributed by atoms with van der Waals surface area (Å²) >= 11 is 0. The molecule has 1 aromatic carbocycles. The number of aliphatic carboxylic acids is 1. The number of carboxylic acids is 1. The number of carboxylic acid groups (broad SMARTS) is 1. The molecule has 0 bridgehead atoms. The number of ether oxygens (including phenoxy) is 1. The van der Waals surface area contributed by atoms with Crippen molar-refractivity contribution in [3.05, 3.63) is 48.6 Å². The SMILES string of the molecule is C1CCC([NH2+]C2CCCCC2)CC1.C=CCOC(=O)NC(Cc1ccccc1)C(=O)[O-]. The van der Waals surface area contributed by atoms with E-state index in [1.165, 1.54) is 70.3 Å². The van der Waals surface area contributed by atoms with Crippen LogP contribution in [0.3, 0.4) is 0 Å². The molecule has 0 radical (unpaired) electrons. The van der Waals surface area contributed by atoms with Gasteiger partial charge in [-0.25, -0.2) is 4.79 Å². The van der Waals surface area contributed by atoms with Gasteiger partial charge in [0.1, 0.15) is 6.61 Å². The highest BCUT2D eigenvalue weighted by atomic mass is 16.5. The zero-order valence-corrected chi connectivity index (χ0v) is 18.6. The molecule has 0 heterocycles. The van der Waals surface area contributed by atoms with Gasteiger partial charge in [-0.05, 0) is 63.4 Å². The van der Waals surface area contributed by atoms with Crippen LogP contribution >= 0.6 is 0 Å². The number of nitrogens with one attached hydrogen (secondary N) is 1. The predicted molar refractivity (Wildman–Crippen MR) is 119 cm³/mol. The first-order valence-electron chi connectivity index (χ1n) is 11.7. The predicted octanol–water partition coefficient (Wildman–Crippen LogP) is 2.48. The molecule has 1 unspecified atom stereocenters. The molecule has 6 nitrogen and oxygen atoms in total. The lowest BCUT2D eigenvalue weighted by atomic mass is 9.91. The summed E-state index contributed by atoms with van der Waals surface area (Å²) in [6, 6.07) is 9.82. The first-order valence-corrected chi connectivity index (χ1v) is 11.7. The lowest BCUT2D eigenvalue weighted by molar-refractivity contribution is -0.725. The number of quaternary nitrogens is 1. The van der Waals surface area contributed by atoms with Crippen LogP contribution in [0.2, 0.25) is 0 Å². The average Bonchev–Trinajstić information content (AvgIpc) is 2.80. The van der Waals surface area contributed by atoms with Crippen LogP contribution in [0.15, 0.2) is 43.0 Å². The fraction of sp³-hybridized carbons (Fsp3) is 0.600.